The van der Waals surface area contributed by atoms with E-state index >= 15 is 0 Å². The van der Waals surface area contributed by atoms with E-state index in [0.29, 0.717) is 6.04 Å². The third-order valence-electron chi connectivity index (χ3n) is 3.64. The fourth-order valence-electron chi connectivity index (χ4n) is 2.55. The van der Waals surface area contributed by atoms with E-state index in [-0.39, 0.29) is 0 Å². The van der Waals surface area contributed by atoms with Gasteiger partial charge in [-0.3, -0.25) is 0 Å². The van der Waals surface area contributed by atoms with Crippen molar-refractivity contribution < 1.29 is 0 Å². The minimum atomic E-state index is 0.388. The van der Waals surface area contributed by atoms with E-state index in [4.69, 9.17) is 4.98 Å². The first kappa shape index (κ1) is 15.5. The molecule has 0 radical (unpaired) electrons. The number of hydrogen-bond donors (Lipinski definition) is 1. The lowest BCUT2D eigenvalue weighted by atomic mass is 10.1. The molecule has 0 aliphatic heterocycles. The van der Waals surface area contributed by atoms with E-state index in [1.54, 1.807) is 0 Å². The second kappa shape index (κ2) is 7.23. The molecule has 1 aromatic heterocycles. The van der Waals surface area contributed by atoms with Crippen molar-refractivity contribution in [1.29, 1.82) is 0 Å². The average Bonchev–Trinajstić information content (AvgIpc) is 2.50. The number of hydrogen-bond acceptors (Lipinski definition) is 3. The summed E-state index contributed by atoms with van der Waals surface area (Å²) in [6.45, 7) is 13.0. The fourth-order valence-corrected chi connectivity index (χ4v) is 2.55. The molecule has 3 heteroatoms. The highest BCUT2D eigenvalue weighted by Crippen LogP contribution is 2.28. The normalized spacial score (nSPS) is 11.0. The van der Waals surface area contributed by atoms with Gasteiger partial charge < -0.3 is 10.2 Å². The van der Waals surface area contributed by atoms with Gasteiger partial charge in [-0.05, 0) is 31.3 Å². The van der Waals surface area contributed by atoms with E-state index < -0.39 is 0 Å². The third-order valence-corrected chi connectivity index (χ3v) is 3.64. The smallest absolute Gasteiger partial charge is 0.136 e. The van der Waals surface area contributed by atoms with Crippen LogP contribution in [0.5, 0.6) is 0 Å². The number of nitrogens with one attached hydrogen (secondary N) is 1. The van der Waals surface area contributed by atoms with Crippen LogP contribution in [0.15, 0.2) is 43.1 Å². The van der Waals surface area contributed by atoms with Crippen molar-refractivity contribution in [2.75, 3.05) is 18.0 Å². The van der Waals surface area contributed by atoms with Crippen LogP contribution in [0.4, 0.5) is 5.82 Å². The maximum absolute atomic E-state index is 4.74. The van der Waals surface area contributed by atoms with E-state index in [1.807, 2.05) is 12.3 Å². The van der Waals surface area contributed by atoms with Crippen molar-refractivity contribution in [1.82, 2.24) is 10.3 Å². The van der Waals surface area contributed by atoms with Crippen molar-refractivity contribution in [2.45, 2.75) is 33.4 Å². The predicted molar refractivity (Wildman–Crippen MR) is 91.8 cm³/mol. The third kappa shape index (κ3) is 3.42. The van der Waals surface area contributed by atoms with Crippen LogP contribution in [0.3, 0.4) is 0 Å². The molecule has 0 unspecified atom stereocenters. The lowest BCUT2D eigenvalue weighted by Gasteiger charge is -2.28. The molecule has 21 heavy (non-hydrogen) atoms. The molecule has 112 valence electrons. The molecule has 0 bridgehead atoms. The fraction of sp³-hybridized carbons (Fsp3) is 0.389. The van der Waals surface area contributed by atoms with Crippen LogP contribution in [0.2, 0.25) is 0 Å². The summed E-state index contributed by atoms with van der Waals surface area (Å²) in [7, 11) is 0. The molecule has 2 rings (SSSR count). The Morgan fingerprint density at radius 1 is 1.29 bits per heavy atom. The summed E-state index contributed by atoms with van der Waals surface area (Å²) < 4.78 is 0. The summed E-state index contributed by atoms with van der Waals surface area (Å²) in [5, 5.41) is 5.87. The maximum Gasteiger partial charge on any atom is 0.136 e. The molecule has 0 amide bonds. The Morgan fingerprint density at radius 3 is 2.62 bits per heavy atom. The minimum absolute atomic E-state index is 0.388. The second-order valence-corrected chi connectivity index (χ2v) is 5.47. The van der Waals surface area contributed by atoms with E-state index in [0.717, 1.165) is 25.5 Å². The number of aromatic nitrogens is 1. The van der Waals surface area contributed by atoms with Crippen LogP contribution in [0.25, 0.3) is 10.8 Å². The first-order chi connectivity index (χ1) is 10.2. The van der Waals surface area contributed by atoms with Crippen LogP contribution in [-0.4, -0.2) is 24.1 Å². The summed E-state index contributed by atoms with van der Waals surface area (Å²) in [5.74, 6) is 1.04. The molecular weight excluding hydrogens is 258 g/mol. The molecule has 1 aromatic carbocycles. The first-order valence-electron chi connectivity index (χ1n) is 7.63. The van der Waals surface area contributed by atoms with Gasteiger partial charge in [-0.2, -0.15) is 0 Å². The minimum Gasteiger partial charge on any atom is -0.350 e. The van der Waals surface area contributed by atoms with Crippen LogP contribution in [-0.2, 0) is 6.54 Å². The van der Waals surface area contributed by atoms with Gasteiger partial charge in [0.15, 0.2) is 0 Å². The van der Waals surface area contributed by atoms with Gasteiger partial charge in [-0.15, -0.1) is 6.58 Å². The molecular formula is C18H25N3. The molecule has 0 saturated carbocycles. The molecule has 1 N–H and O–H groups in total. The molecule has 0 fully saturated rings. The van der Waals surface area contributed by atoms with Gasteiger partial charge >= 0.3 is 0 Å². The lowest BCUT2D eigenvalue weighted by molar-refractivity contribution is 0.710. The zero-order valence-corrected chi connectivity index (χ0v) is 13.3. The first-order valence-corrected chi connectivity index (χ1v) is 7.63. The standard InChI is InChI=1S/C18H25N3/c1-5-11-21(14(3)4)18-17-10-8-7-9-16(17)15(13-20-18)12-19-6-2/h5,7-10,13-14,19H,1,6,11-12H2,2-4H3. The van der Waals surface area contributed by atoms with Gasteiger partial charge in [0.1, 0.15) is 5.82 Å². The summed E-state index contributed by atoms with van der Waals surface area (Å²) in [5.41, 5.74) is 1.25. The zero-order chi connectivity index (χ0) is 15.2. The Bertz CT molecular complexity index is 604. The number of anilines is 1. The van der Waals surface area contributed by atoms with Gasteiger partial charge in [-0.25, -0.2) is 4.98 Å². The summed E-state index contributed by atoms with van der Waals surface area (Å²) in [6.07, 6.45) is 3.93. The summed E-state index contributed by atoms with van der Waals surface area (Å²) in [4.78, 5) is 7.02. The van der Waals surface area contributed by atoms with E-state index in [9.17, 15) is 0 Å². The molecule has 0 spiro atoms. The molecule has 2 aromatic rings. The quantitative estimate of drug-likeness (QED) is 0.785. The number of nitrogens with zero attached hydrogens (tertiary/aromatic N) is 2. The summed E-state index contributed by atoms with van der Waals surface area (Å²) in [6, 6.07) is 8.90. The summed E-state index contributed by atoms with van der Waals surface area (Å²) >= 11 is 0. The molecule has 0 aliphatic rings. The second-order valence-electron chi connectivity index (χ2n) is 5.47. The SMILES string of the molecule is C=CCN(c1ncc(CNCC)c2ccccc12)C(C)C. The van der Waals surface area contributed by atoms with Gasteiger partial charge in [0.05, 0.1) is 0 Å². The Labute approximate surface area is 127 Å². The van der Waals surface area contributed by atoms with Crippen LogP contribution in [0.1, 0.15) is 26.3 Å². The van der Waals surface area contributed by atoms with Crippen molar-refractivity contribution in [3.63, 3.8) is 0 Å². The highest BCUT2D eigenvalue weighted by atomic mass is 15.2. The Kier molecular flexibility index (Phi) is 5.34. The van der Waals surface area contributed by atoms with E-state index in [2.05, 4.69) is 61.8 Å². The molecule has 0 aliphatic carbocycles. The van der Waals surface area contributed by atoms with Crippen molar-refractivity contribution in [3.8, 4) is 0 Å². The van der Waals surface area contributed by atoms with Crippen molar-refractivity contribution in [3.05, 3.63) is 48.7 Å². The Morgan fingerprint density at radius 2 is 2.00 bits per heavy atom. The predicted octanol–water partition coefficient (Wildman–Crippen LogP) is 3.75. The molecule has 0 atom stereocenters. The lowest BCUT2D eigenvalue weighted by Crippen LogP contribution is -2.31. The zero-order valence-electron chi connectivity index (χ0n) is 13.3. The largest absolute Gasteiger partial charge is 0.350 e. The topological polar surface area (TPSA) is 28.2 Å². The number of benzene rings is 1. The molecule has 1 heterocycles. The van der Waals surface area contributed by atoms with Gasteiger partial charge in [0.2, 0.25) is 0 Å². The van der Waals surface area contributed by atoms with Crippen molar-refractivity contribution >= 4 is 16.6 Å². The molecule has 0 saturated heterocycles. The maximum atomic E-state index is 4.74. The number of pyridine rings is 1. The van der Waals surface area contributed by atoms with Gasteiger partial charge in [0, 0.05) is 30.7 Å². The van der Waals surface area contributed by atoms with E-state index in [1.165, 1.54) is 16.3 Å². The highest BCUT2D eigenvalue weighted by Gasteiger charge is 2.15. The number of rotatable bonds is 7. The Balaban J connectivity index is 2.53. The molecule has 3 nitrogen and oxygen atoms in total. The van der Waals surface area contributed by atoms with Gasteiger partial charge in [-0.1, -0.05) is 37.3 Å². The van der Waals surface area contributed by atoms with Crippen LogP contribution < -0.4 is 10.2 Å². The van der Waals surface area contributed by atoms with Crippen LogP contribution >= 0.6 is 0 Å². The Hall–Kier alpha value is -1.87. The van der Waals surface area contributed by atoms with Crippen LogP contribution in [0, 0.1) is 0 Å². The monoisotopic (exact) mass is 283 g/mol. The van der Waals surface area contributed by atoms with Crippen molar-refractivity contribution in [2.24, 2.45) is 0 Å². The highest BCUT2D eigenvalue weighted by molar-refractivity contribution is 5.94. The number of fused-ring (bicyclic) bond motifs is 1. The van der Waals surface area contributed by atoms with Gasteiger partial charge in [0.25, 0.3) is 0 Å². The average molecular weight is 283 g/mol.